The van der Waals surface area contributed by atoms with Gasteiger partial charge >= 0.3 is 12.1 Å². The highest BCUT2D eigenvalue weighted by molar-refractivity contribution is 5.74. The molecule has 7 heteroatoms. The molecule has 0 spiro atoms. The third-order valence-electron chi connectivity index (χ3n) is 1.62. The number of carboxylic acids is 1. The molecule has 0 aliphatic rings. The average molecular weight is 208 g/mol. The number of H-pyrrole nitrogens is 1. The standard InChI is InChI=1S/C7H7F3N2O2/c8-7(9,10)4-2-1-3(12-4)5(11)6(13)14/h1-2,5,12H,11H2,(H,13,14). The summed E-state index contributed by atoms with van der Waals surface area (Å²) in [7, 11) is 0. The third kappa shape index (κ3) is 2.05. The average Bonchev–Trinajstić information content (AvgIpc) is 2.49. The largest absolute Gasteiger partial charge is 0.480 e. The molecule has 1 unspecified atom stereocenters. The zero-order chi connectivity index (χ0) is 10.9. The molecule has 14 heavy (non-hydrogen) atoms. The van der Waals surface area contributed by atoms with E-state index < -0.39 is 23.9 Å². The Balaban J connectivity index is 2.94. The Labute approximate surface area is 76.5 Å². The lowest BCUT2D eigenvalue weighted by molar-refractivity contribution is -0.142. The smallest absolute Gasteiger partial charge is 0.431 e. The molecule has 1 rings (SSSR count). The van der Waals surface area contributed by atoms with Crippen LogP contribution in [0, 0.1) is 0 Å². The number of rotatable bonds is 2. The molecule has 0 aromatic carbocycles. The summed E-state index contributed by atoms with van der Waals surface area (Å²) in [6, 6.07) is 0.283. The molecule has 0 aliphatic carbocycles. The van der Waals surface area contributed by atoms with E-state index in [0.29, 0.717) is 0 Å². The molecule has 0 saturated heterocycles. The fraction of sp³-hybridized carbons (Fsp3) is 0.286. The van der Waals surface area contributed by atoms with Crippen LogP contribution in [-0.4, -0.2) is 16.1 Å². The first-order chi connectivity index (χ1) is 6.32. The van der Waals surface area contributed by atoms with Gasteiger partial charge in [0, 0.05) is 5.69 Å². The Kier molecular flexibility index (Phi) is 2.52. The summed E-state index contributed by atoms with van der Waals surface area (Å²) in [5.74, 6) is -1.39. The summed E-state index contributed by atoms with van der Waals surface area (Å²) in [4.78, 5) is 12.2. The number of carbonyl (C=O) groups is 1. The van der Waals surface area contributed by atoms with Gasteiger partial charge in [-0.1, -0.05) is 0 Å². The molecular weight excluding hydrogens is 201 g/mol. The van der Waals surface area contributed by atoms with Gasteiger partial charge in [0.1, 0.15) is 11.7 Å². The molecule has 78 valence electrons. The van der Waals surface area contributed by atoms with Crippen molar-refractivity contribution in [3.8, 4) is 0 Å². The van der Waals surface area contributed by atoms with Crippen LogP contribution in [0.1, 0.15) is 17.4 Å². The first-order valence-corrected chi connectivity index (χ1v) is 3.57. The number of aromatic amines is 1. The Morgan fingerprint density at radius 1 is 1.50 bits per heavy atom. The van der Waals surface area contributed by atoms with Gasteiger partial charge in [-0.05, 0) is 12.1 Å². The van der Waals surface area contributed by atoms with Crippen molar-refractivity contribution in [1.82, 2.24) is 4.98 Å². The second-order valence-corrected chi connectivity index (χ2v) is 2.64. The van der Waals surface area contributed by atoms with Crippen molar-refractivity contribution in [2.24, 2.45) is 5.73 Å². The molecule has 0 saturated carbocycles. The summed E-state index contributed by atoms with van der Waals surface area (Å²) < 4.78 is 36.1. The predicted octanol–water partition coefficient (Wildman–Crippen LogP) is 1.12. The summed E-state index contributed by atoms with van der Waals surface area (Å²) in [6.45, 7) is 0. The number of nitrogens with two attached hydrogens (primary N) is 1. The topological polar surface area (TPSA) is 79.1 Å². The van der Waals surface area contributed by atoms with Gasteiger partial charge in [-0.15, -0.1) is 0 Å². The fourth-order valence-corrected chi connectivity index (χ4v) is 0.892. The van der Waals surface area contributed by atoms with E-state index in [0.717, 1.165) is 12.1 Å². The fourth-order valence-electron chi connectivity index (χ4n) is 0.892. The normalized spacial score (nSPS) is 14.0. The van der Waals surface area contributed by atoms with Gasteiger partial charge in [-0.3, -0.25) is 4.79 Å². The molecule has 0 radical (unpaired) electrons. The maximum atomic E-state index is 12.0. The van der Waals surface area contributed by atoms with Crippen LogP contribution in [0.25, 0.3) is 0 Å². The summed E-state index contributed by atoms with van der Waals surface area (Å²) >= 11 is 0. The van der Waals surface area contributed by atoms with Gasteiger partial charge in [0.25, 0.3) is 0 Å². The molecule has 1 atom stereocenters. The van der Waals surface area contributed by atoms with Crippen LogP contribution in [0.3, 0.4) is 0 Å². The molecule has 0 amide bonds. The maximum absolute atomic E-state index is 12.0. The van der Waals surface area contributed by atoms with Gasteiger partial charge in [0.15, 0.2) is 0 Å². The lowest BCUT2D eigenvalue weighted by Crippen LogP contribution is -2.21. The number of aromatic nitrogens is 1. The van der Waals surface area contributed by atoms with Crippen LogP contribution in [-0.2, 0) is 11.0 Å². The van der Waals surface area contributed by atoms with Crippen LogP contribution in [0.4, 0.5) is 13.2 Å². The second-order valence-electron chi connectivity index (χ2n) is 2.64. The second kappa shape index (κ2) is 3.33. The van der Waals surface area contributed by atoms with E-state index in [4.69, 9.17) is 10.8 Å². The summed E-state index contributed by atoms with van der Waals surface area (Å²) in [6.07, 6.45) is -4.52. The minimum Gasteiger partial charge on any atom is -0.480 e. The highest BCUT2D eigenvalue weighted by atomic mass is 19.4. The van der Waals surface area contributed by atoms with Gasteiger partial charge in [0.2, 0.25) is 0 Å². The maximum Gasteiger partial charge on any atom is 0.431 e. The minimum absolute atomic E-state index is 0.176. The molecule has 1 heterocycles. The van der Waals surface area contributed by atoms with Crippen molar-refractivity contribution in [3.05, 3.63) is 23.5 Å². The summed E-state index contributed by atoms with van der Waals surface area (Å²) in [5.41, 5.74) is 3.91. The zero-order valence-corrected chi connectivity index (χ0v) is 6.80. The number of hydrogen-bond donors (Lipinski definition) is 3. The number of aliphatic carboxylic acids is 1. The van der Waals surface area contributed by atoms with E-state index in [1.807, 2.05) is 4.98 Å². The number of hydrogen-bond acceptors (Lipinski definition) is 2. The molecule has 1 aromatic heterocycles. The van der Waals surface area contributed by atoms with Crippen molar-refractivity contribution < 1.29 is 23.1 Å². The molecule has 0 aliphatic heterocycles. The first kappa shape index (κ1) is 10.6. The van der Waals surface area contributed by atoms with Gasteiger partial charge in [0.05, 0.1) is 0 Å². The summed E-state index contributed by atoms with van der Waals surface area (Å²) in [5, 5.41) is 8.42. The number of carboxylic acid groups (broad SMARTS) is 1. The number of halogens is 3. The van der Waals surface area contributed by atoms with Crippen LogP contribution < -0.4 is 5.73 Å². The predicted molar refractivity (Wildman–Crippen MR) is 40.4 cm³/mol. The molecule has 0 fully saturated rings. The Morgan fingerprint density at radius 2 is 2.07 bits per heavy atom. The van der Waals surface area contributed by atoms with Crippen molar-refractivity contribution in [3.63, 3.8) is 0 Å². The van der Waals surface area contributed by atoms with Crippen molar-refractivity contribution in [1.29, 1.82) is 0 Å². The van der Waals surface area contributed by atoms with E-state index in [9.17, 15) is 18.0 Å². The van der Waals surface area contributed by atoms with Gasteiger partial charge in [-0.2, -0.15) is 13.2 Å². The Morgan fingerprint density at radius 3 is 2.43 bits per heavy atom. The molecular formula is C7H7F3N2O2. The third-order valence-corrected chi connectivity index (χ3v) is 1.62. The SMILES string of the molecule is NC(C(=O)O)c1ccc(C(F)(F)F)[nH]1. The Bertz CT molecular complexity index is 345. The number of nitrogens with one attached hydrogen (secondary N) is 1. The quantitative estimate of drug-likeness (QED) is 0.681. The van der Waals surface area contributed by atoms with Crippen molar-refractivity contribution in [2.45, 2.75) is 12.2 Å². The lowest BCUT2D eigenvalue weighted by Gasteiger charge is -2.05. The Hall–Kier alpha value is -1.50. The van der Waals surface area contributed by atoms with Crippen molar-refractivity contribution >= 4 is 5.97 Å². The monoisotopic (exact) mass is 208 g/mol. The highest BCUT2D eigenvalue weighted by Crippen LogP contribution is 2.29. The van der Waals surface area contributed by atoms with E-state index in [2.05, 4.69) is 0 Å². The van der Waals surface area contributed by atoms with Crippen LogP contribution >= 0.6 is 0 Å². The van der Waals surface area contributed by atoms with E-state index in [-0.39, 0.29) is 5.69 Å². The van der Waals surface area contributed by atoms with E-state index in [1.54, 1.807) is 0 Å². The first-order valence-electron chi connectivity index (χ1n) is 3.57. The highest BCUT2D eigenvalue weighted by Gasteiger charge is 2.33. The van der Waals surface area contributed by atoms with Crippen LogP contribution in [0.5, 0.6) is 0 Å². The molecule has 4 nitrogen and oxygen atoms in total. The lowest BCUT2D eigenvalue weighted by atomic mass is 10.2. The number of alkyl halides is 3. The van der Waals surface area contributed by atoms with Crippen LogP contribution in [0.15, 0.2) is 12.1 Å². The van der Waals surface area contributed by atoms with E-state index in [1.165, 1.54) is 0 Å². The van der Waals surface area contributed by atoms with Crippen LogP contribution in [0.2, 0.25) is 0 Å². The molecule has 1 aromatic rings. The van der Waals surface area contributed by atoms with Gasteiger partial charge < -0.3 is 15.8 Å². The molecule has 0 bridgehead atoms. The van der Waals surface area contributed by atoms with Crippen molar-refractivity contribution in [2.75, 3.05) is 0 Å². The van der Waals surface area contributed by atoms with E-state index >= 15 is 0 Å². The zero-order valence-electron chi connectivity index (χ0n) is 6.80. The van der Waals surface area contributed by atoms with Gasteiger partial charge in [-0.25, -0.2) is 0 Å². The molecule has 4 N–H and O–H groups in total. The minimum atomic E-state index is -4.52.